The molecule has 9 heteroatoms. The molecular formula is C17H19FN2O5S. The van der Waals surface area contributed by atoms with Crippen LogP contribution in [0.15, 0.2) is 24.3 Å². The summed E-state index contributed by atoms with van der Waals surface area (Å²) < 4.78 is 44.4. The van der Waals surface area contributed by atoms with E-state index in [1.807, 2.05) is 0 Å². The number of carbonyl (C=O) groups is 2. The Bertz CT molecular complexity index is 813. The van der Waals surface area contributed by atoms with Crippen LogP contribution in [0.4, 0.5) is 4.39 Å². The SMILES string of the molecule is O=C1CCCC(=O)N1CCS(=O)(=O)NCC#CCOc1ccccc1F. The van der Waals surface area contributed by atoms with Crippen molar-refractivity contribution in [3.63, 3.8) is 0 Å². The normalized spacial score (nSPS) is 14.7. The van der Waals surface area contributed by atoms with E-state index in [0.717, 1.165) is 4.90 Å². The Kier molecular flexibility index (Phi) is 7.12. The zero-order valence-corrected chi connectivity index (χ0v) is 14.9. The van der Waals surface area contributed by atoms with Gasteiger partial charge in [-0.25, -0.2) is 17.5 Å². The lowest BCUT2D eigenvalue weighted by atomic mass is 10.1. The number of likely N-dealkylation sites (tertiary alicyclic amines) is 1. The molecule has 0 aliphatic carbocycles. The summed E-state index contributed by atoms with van der Waals surface area (Å²) >= 11 is 0. The zero-order chi connectivity index (χ0) is 19.0. The molecule has 140 valence electrons. The number of piperidine rings is 1. The van der Waals surface area contributed by atoms with Crippen molar-refractivity contribution < 1.29 is 27.1 Å². The summed E-state index contributed by atoms with van der Waals surface area (Å²) in [5, 5.41) is 0. The predicted octanol–water partition coefficient (Wildman–Crippen LogP) is 0.666. The Balaban J connectivity index is 1.72. The van der Waals surface area contributed by atoms with Gasteiger partial charge >= 0.3 is 0 Å². The topological polar surface area (TPSA) is 92.8 Å². The smallest absolute Gasteiger partial charge is 0.229 e. The molecule has 26 heavy (non-hydrogen) atoms. The molecular weight excluding hydrogens is 363 g/mol. The van der Waals surface area contributed by atoms with Crippen molar-refractivity contribution in [1.29, 1.82) is 0 Å². The number of nitrogens with one attached hydrogen (secondary N) is 1. The van der Waals surface area contributed by atoms with Gasteiger partial charge in [-0.2, -0.15) is 0 Å². The highest BCUT2D eigenvalue weighted by Gasteiger charge is 2.26. The molecule has 0 radical (unpaired) electrons. The van der Waals surface area contributed by atoms with Crippen LogP contribution in [0.5, 0.6) is 5.75 Å². The summed E-state index contributed by atoms with van der Waals surface area (Å²) in [5.74, 6) is 3.62. The van der Waals surface area contributed by atoms with Gasteiger partial charge in [-0.15, -0.1) is 0 Å². The summed E-state index contributed by atoms with van der Waals surface area (Å²) in [6.07, 6.45) is 1.02. The molecule has 0 saturated carbocycles. The van der Waals surface area contributed by atoms with Gasteiger partial charge < -0.3 is 4.74 Å². The summed E-state index contributed by atoms with van der Waals surface area (Å²) in [4.78, 5) is 24.2. The summed E-state index contributed by atoms with van der Waals surface area (Å²) in [7, 11) is -3.67. The Labute approximate surface area is 151 Å². The number of sulfonamides is 1. The number of rotatable bonds is 7. The first-order valence-corrected chi connectivity index (χ1v) is 9.68. The number of para-hydroxylation sites is 1. The lowest BCUT2D eigenvalue weighted by Gasteiger charge is -2.24. The quantitative estimate of drug-likeness (QED) is 0.553. The van der Waals surface area contributed by atoms with Crippen LogP contribution < -0.4 is 9.46 Å². The van der Waals surface area contributed by atoms with Crippen LogP contribution in [0.2, 0.25) is 0 Å². The van der Waals surface area contributed by atoms with Crippen molar-refractivity contribution in [1.82, 2.24) is 9.62 Å². The van der Waals surface area contributed by atoms with Gasteiger partial charge in [0.15, 0.2) is 11.6 Å². The van der Waals surface area contributed by atoms with Crippen LogP contribution >= 0.6 is 0 Å². The third-order valence-corrected chi connectivity index (χ3v) is 4.91. The average Bonchev–Trinajstić information content (AvgIpc) is 2.59. The fourth-order valence-corrected chi connectivity index (χ4v) is 3.13. The van der Waals surface area contributed by atoms with Gasteiger partial charge in [-0.05, 0) is 18.6 Å². The van der Waals surface area contributed by atoms with Crippen molar-refractivity contribution in [2.24, 2.45) is 0 Å². The van der Waals surface area contributed by atoms with Crippen LogP contribution in [0.25, 0.3) is 0 Å². The second kappa shape index (κ2) is 9.31. The fraction of sp³-hybridized carbons (Fsp3) is 0.412. The van der Waals surface area contributed by atoms with E-state index in [4.69, 9.17) is 4.74 Å². The van der Waals surface area contributed by atoms with Gasteiger partial charge in [0.1, 0.15) is 6.61 Å². The van der Waals surface area contributed by atoms with E-state index in [9.17, 15) is 22.4 Å². The van der Waals surface area contributed by atoms with Crippen molar-refractivity contribution >= 4 is 21.8 Å². The molecule has 1 fully saturated rings. The van der Waals surface area contributed by atoms with Crippen LogP contribution in [0, 0.1) is 17.7 Å². The molecule has 2 rings (SSSR count). The molecule has 1 aliphatic rings. The molecule has 7 nitrogen and oxygen atoms in total. The minimum Gasteiger partial charge on any atom is -0.478 e. The fourth-order valence-electron chi connectivity index (χ4n) is 2.27. The number of nitrogens with zero attached hydrogens (tertiary/aromatic N) is 1. The Morgan fingerprint density at radius 2 is 1.85 bits per heavy atom. The van der Waals surface area contributed by atoms with E-state index in [0.29, 0.717) is 6.42 Å². The lowest BCUT2D eigenvalue weighted by Crippen LogP contribution is -2.44. The van der Waals surface area contributed by atoms with Crippen molar-refractivity contribution in [2.75, 3.05) is 25.4 Å². The molecule has 1 aliphatic heterocycles. The molecule has 1 aromatic carbocycles. The standard InChI is InChI=1S/C17H19FN2O5S/c18-14-6-1-2-7-15(14)25-12-4-3-10-19-26(23,24)13-11-20-16(21)8-5-9-17(20)22/h1-2,6-7,19H,5,8-13H2. The number of hydrogen-bond donors (Lipinski definition) is 1. The van der Waals surface area contributed by atoms with Gasteiger partial charge in [0.25, 0.3) is 0 Å². The minimum atomic E-state index is -3.67. The van der Waals surface area contributed by atoms with Crippen molar-refractivity contribution in [2.45, 2.75) is 19.3 Å². The number of amides is 2. The molecule has 0 aromatic heterocycles. The van der Waals surface area contributed by atoms with E-state index in [-0.39, 0.29) is 55.9 Å². The molecule has 1 N–H and O–H groups in total. The number of halogens is 1. The Hall–Kier alpha value is -2.44. The van der Waals surface area contributed by atoms with Crippen molar-refractivity contribution in [3.05, 3.63) is 30.1 Å². The molecule has 2 amide bonds. The minimum absolute atomic E-state index is 0.0678. The first kappa shape index (κ1) is 19.9. The Morgan fingerprint density at radius 3 is 2.54 bits per heavy atom. The predicted molar refractivity (Wildman–Crippen MR) is 92.0 cm³/mol. The molecule has 0 unspecified atom stereocenters. The van der Waals surface area contributed by atoms with Crippen LogP contribution in [-0.2, 0) is 19.6 Å². The molecule has 0 spiro atoms. The van der Waals surface area contributed by atoms with E-state index < -0.39 is 15.8 Å². The summed E-state index contributed by atoms with van der Waals surface area (Å²) in [6.45, 7) is -0.402. The summed E-state index contributed by atoms with van der Waals surface area (Å²) in [6, 6.07) is 5.88. The Morgan fingerprint density at radius 1 is 1.15 bits per heavy atom. The number of carbonyl (C=O) groups excluding carboxylic acids is 2. The molecule has 1 heterocycles. The first-order valence-electron chi connectivity index (χ1n) is 8.02. The number of imide groups is 1. The molecule has 0 bridgehead atoms. The number of ether oxygens (including phenoxy) is 1. The molecule has 1 aromatic rings. The van der Waals surface area contributed by atoms with E-state index in [1.165, 1.54) is 18.2 Å². The largest absolute Gasteiger partial charge is 0.478 e. The third kappa shape index (κ3) is 6.13. The van der Waals surface area contributed by atoms with Gasteiger partial charge in [-0.3, -0.25) is 14.5 Å². The monoisotopic (exact) mass is 382 g/mol. The highest BCUT2D eigenvalue weighted by atomic mass is 32.2. The maximum Gasteiger partial charge on any atom is 0.229 e. The first-order chi connectivity index (χ1) is 12.4. The summed E-state index contributed by atoms with van der Waals surface area (Å²) in [5.41, 5.74) is 0. The second-order valence-corrected chi connectivity index (χ2v) is 7.43. The van der Waals surface area contributed by atoms with E-state index >= 15 is 0 Å². The van der Waals surface area contributed by atoms with Gasteiger partial charge in [0.05, 0.1) is 12.3 Å². The number of benzene rings is 1. The van der Waals surface area contributed by atoms with Gasteiger partial charge in [0.2, 0.25) is 21.8 Å². The second-order valence-electron chi connectivity index (χ2n) is 5.51. The maximum absolute atomic E-state index is 13.3. The van der Waals surface area contributed by atoms with Gasteiger partial charge in [0, 0.05) is 19.4 Å². The van der Waals surface area contributed by atoms with Crippen LogP contribution in [0.1, 0.15) is 19.3 Å². The molecule has 1 saturated heterocycles. The zero-order valence-electron chi connectivity index (χ0n) is 14.0. The average molecular weight is 382 g/mol. The lowest BCUT2D eigenvalue weighted by molar-refractivity contribution is -0.147. The van der Waals surface area contributed by atoms with Crippen LogP contribution in [-0.4, -0.2) is 50.6 Å². The third-order valence-electron chi connectivity index (χ3n) is 3.61. The molecule has 0 atom stereocenters. The number of hydrogen-bond acceptors (Lipinski definition) is 5. The maximum atomic E-state index is 13.3. The highest BCUT2D eigenvalue weighted by Crippen LogP contribution is 2.14. The van der Waals surface area contributed by atoms with Gasteiger partial charge in [-0.1, -0.05) is 24.0 Å². The van der Waals surface area contributed by atoms with Crippen molar-refractivity contribution in [3.8, 4) is 17.6 Å². The highest BCUT2D eigenvalue weighted by molar-refractivity contribution is 7.89. The van der Waals surface area contributed by atoms with Crippen LogP contribution in [0.3, 0.4) is 0 Å². The van der Waals surface area contributed by atoms with E-state index in [2.05, 4.69) is 16.6 Å². The van der Waals surface area contributed by atoms with E-state index in [1.54, 1.807) is 6.07 Å².